The average molecular weight is 748 g/mol. The molecule has 7 nitrogen and oxygen atoms in total. The van der Waals surface area contributed by atoms with Crippen LogP contribution in [0.2, 0.25) is 0 Å². The molecule has 0 fully saturated rings. The van der Waals surface area contributed by atoms with Gasteiger partial charge in [-0.2, -0.15) is 0 Å². The fraction of sp³-hybridized carbons (Fsp3) is 0. The molecule has 10 aromatic rings. The van der Waals surface area contributed by atoms with Crippen LogP contribution in [0.15, 0.2) is 176 Å². The largest absolute Gasteiger partial charge is 0.238 e. The van der Waals surface area contributed by atoms with Crippen LogP contribution < -0.4 is 0 Å². The van der Waals surface area contributed by atoms with Crippen molar-refractivity contribution in [3.8, 4) is 79.5 Å². The highest BCUT2D eigenvalue weighted by Gasteiger charge is 2.18. The van der Waals surface area contributed by atoms with Gasteiger partial charge in [-0.05, 0) is 41.5 Å². The minimum absolute atomic E-state index is 0.582. The predicted octanol–water partition coefficient (Wildman–Crippen LogP) is 12.6. The maximum Gasteiger partial charge on any atom is 0.187 e. The summed E-state index contributed by atoms with van der Waals surface area (Å²) in [6.07, 6.45) is 0. The Labute approximate surface area is 332 Å². The molecule has 3 heterocycles. The molecular formula is C49H29N7S. The van der Waals surface area contributed by atoms with Crippen molar-refractivity contribution in [2.45, 2.75) is 0 Å². The molecule has 7 aromatic carbocycles. The summed E-state index contributed by atoms with van der Waals surface area (Å²) in [5.74, 6) is 3.64. The number of hydrogen-bond acceptors (Lipinski definition) is 7. The summed E-state index contributed by atoms with van der Waals surface area (Å²) < 4.78 is 2.22. The first-order valence-electron chi connectivity index (χ1n) is 18.4. The van der Waals surface area contributed by atoms with Crippen LogP contribution >= 0.6 is 11.3 Å². The maximum atomic E-state index is 7.42. The van der Waals surface area contributed by atoms with E-state index in [4.69, 9.17) is 36.5 Å². The Hall–Kier alpha value is -7.73. The molecule has 0 aliphatic carbocycles. The lowest BCUT2D eigenvalue weighted by atomic mass is 10.0. The first kappa shape index (κ1) is 33.8. The van der Waals surface area contributed by atoms with Crippen molar-refractivity contribution in [3.05, 3.63) is 187 Å². The van der Waals surface area contributed by atoms with Gasteiger partial charge in [-0.15, -0.1) is 11.3 Å². The molecule has 0 N–H and O–H groups in total. The number of hydrogen-bond donors (Lipinski definition) is 0. The molecule has 0 radical (unpaired) electrons. The summed E-state index contributed by atoms with van der Waals surface area (Å²) >= 11 is 1.72. The maximum absolute atomic E-state index is 7.42. The van der Waals surface area contributed by atoms with Crippen molar-refractivity contribution in [2.24, 2.45) is 0 Å². The van der Waals surface area contributed by atoms with Crippen LogP contribution in [0.4, 0.5) is 5.69 Å². The summed E-state index contributed by atoms with van der Waals surface area (Å²) in [5.41, 5.74) is 8.09. The number of thiophene rings is 1. The van der Waals surface area contributed by atoms with E-state index in [0.717, 1.165) is 64.7 Å². The van der Waals surface area contributed by atoms with E-state index in [1.165, 1.54) is 0 Å². The SMILES string of the molecule is [C-]#[N+]c1cccc(-c2ccc(-c3nc(-c4ccccc4)nc(-c4cccc5c4sc4ccc(-c6nc(-c7ccccc7)nc(-c7ccccc7)n6)cc45)n3)cc2)c1. The van der Waals surface area contributed by atoms with Crippen molar-refractivity contribution in [2.75, 3.05) is 0 Å². The molecule has 57 heavy (non-hydrogen) atoms. The minimum atomic E-state index is 0.582. The number of aromatic nitrogens is 6. The Morgan fingerprint density at radius 2 is 0.807 bits per heavy atom. The minimum Gasteiger partial charge on any atom is -0.238 e. The summed E-state index contributed by atoms with van der Waals surface area (Å²) in [6, 6.07) is 58.6. The molecule has 0 aliphatic heterocycles. The van der Waals surface area contributed by atoms with Gasteiger partial charge in [-0.3, -0.25) is 0 Å². The Balaban J connectivity index is 1.09. The van der Waals surface area contributed by atoms with Crippen molar-refractivity contribution < 1.29 is 0 Å². The molecule has 0 saturated carbocycles. The van der Waals surface area contributed by atoms with Gasteiger partial charge in [0, 0.05) is 53.6 Å². The Morgan fingerprint density at radius 3 is 1.37 bits per heavy atom. The van der Waals surface area contributed by atoms with Crippen LogP contribution in [0.25, 0.3) is 104 Å². The van der Waals surface area contributed by atoms with E-state index in [9.17, 15) is 0 Å². The second-order valence-corrected chi connectivity index (χ2v) is 14.5. The van der Waals surface area contributed by atoms with E-state index in [1.54, 1.807) is 11.3 Å². The van der Waals surface area contributed by atoms with E-state index >= 15 is 0 Å². The lowest BCUT2D eigenvalue weighted by molar-refractivity contribution is 1.07. The molecule has 0 unspecified atom stereocenters. The van der Waals surface area contributed by atoms with Gasteiger partial charge >= 0.3 is 0 Å². The third-order valence-corrected chi connectivity index (χ3v) is 11.0. The lowest BCUT2D eigenvalue weighted by Gasteiger charge is -2.10. The second-order valence-electron chi connectivity index (χ2n) is 13.4. The quantitative estimate of drug-likeness (QED) is 0.151. The molecule has 10 rings (SSSR count). The fourth-order valence-electron chi connectivity index (χ4n) is 6.96. The van der Waals surface area contributed by atoms with Gasteiger partial charge in [0.25, 0.3) is 0 Å². The third-order valence-electron chi connectivity index (χ3n) is 9.81. The van der Waals surface area contributed by atoms with Gasteiger partial charge < -0.3 is 0 Å². The number of nitrogens with zero attached hydrogens (tertiary/aromatic N) is 7. The highest BCUT2D eigenvalue weighted by atomic mass is 32.1. The van der Waals surface area contributed by atoms with E-state index in [-0.39, 0.29) is 0 Å². The monoisotopic (exact) mass is 747 g/mol. The summed E-state index contributed by atoms with van der Waals surface area (Å²) in [4.78, 5) is 33.6. The van der Waals surface area contributed by atoms with Crippen LogP contribution in [0.5, 0.6) is 0 Å². The topological polar surface area (TPSA) is 81.7 Å². The highest BCUT2D eigenvalue weighted by Crippen LogP contribution is 2.41. The second kappa shape index (κ2) is 14.5. The van der Waals surface area contributed by atoms with Crippen molar-refractivity contribution in [1.29, 1.82) is 0 Å². The van der Waals surface area contributed by atoms with E-state index in [0.29, 0.717) is 40.6 Å². The fourth-order valence-corrected chi connectivity index (χ4v) is 8.15. The summed E-state index contributed by atoms with van der Waals surface area (Å²) in [6.45, 7) is 7.42. The smallest absolute Gasteiger partial charge is 0.187 e. The molecule has 3 aromatic heterocycles. The number of benzene rings is 7. The first-order chi connectivity index (χ1) is 28.2. The average Bonchev–Trinajstić information content (AvgIpc) is 3.68. The standard InChI is InChI=1S/C49H29N7S/c1-50-38-20-11-19-36(29-38)31-23-25-35(26-24-31)47-52-46(34-17-9-4-10-18-34)55-49(56-47)40-22-12-21-39-41-30-37(27-28-42(41)57-43(39)40)48-53-44(32-13-5-2-6-14-32)51-45(54-48)33-15-7-3-8-16-33/h2-30H. The molecule has 0 atom stereocenters. The molecule has 8 heteroatoms. The third kappa shape index (κ3) is 6.59. The van der Waals surface area contributed by atoms with Crippen LogP contribution in [-0.4, -0.2) is 29.9 Å². The molecule has 0 aliphatic rings. The first-order valence-corrected chi connectivity index (χ1v) is 19.2. The Kier molecular flexibility index (Phi) is 8.60. The van der Waals surface area contributed by atoms with Gasteiger partial charge in [0.1, 0.15) is 0 Å². The van der Waals surface area contributed by atoms with Crippen molar-refractivity contribution >= 4 is 37.2 Å². The van der Waals surface area contributed by atoms with Gasteiger partial charge in [0.2, 0.25) is 0 Å². The van der Waals surface area contributed by atoms with E-state index in [2.05, 4.69) is 41.2 Å². The molecule has 266 valence electrons. The van der Waals surface area contributed by atoms with E-state index < -0.39 is 0 Å². The number of fused-ring (bicyclic) bond motifs is 3. The van der Waals surface area contributed by atoms with E-state index in [1.807, 2.05) is 140 Å². The van der Waals surface area contributed by atoms with Gasteiger partial charge in [-0.25, -0.2) is 34.7 Å². The zero-order valence-electron chi connectivity index (χ0n) is 30.3. The summed E-state index contributed by atoms with van der Waals surface area (Å²) in [5, 5.41) is 2.21. The predicted molar refractivity (Wildman–Crippen MR) is 230 cm³/mol. The zero-order chi connectivity index (χ0) is 38.1. The highest BCUT2D eigenvalue weighted by molar-refractivity contribution is 7.26. The van der Waals surface area contributed by atoms with Crippen molar-refractivity contribution in [3.63, 3.8) is 0 Å². The van der Waals surface area contributed by atoms with Crippen molar-refractivity contribution in [1.82, 2.24) is 29.9 Å². The Bertz CT molecular complexity index is 3060. The lowest BCUT2D eigenvalue weighted by Crippen LogP contribution is -2.00. The molecule has 0 saturated heterocycles. The van der Waals surface area contributed by atoms with Crippen LogP contribution in [-0.2, 0) is 0 Å². The van der Waals surface area contributed by atoms with Gasteiger partial charge in [-0.1, -0.05) is 146 Å². The normalized spacial score (nSPS) is 11.1. The van der Waals surface area contributed by atoms with Gasteiger partial charge in [0.15, 0.2) is 40.6 Å². The Morgan fingerprint density at radius 1 is 0.351 bits per heavy atom. The molecule has 0 bridgehead atoms. The zero-order valence-corrected chi connectivity index (χ0v) is 31.1. The molecule has 0 spiro atoms. The van der Waals surface area contributed by atoms with Crippen LogP contribution in [0.3, 0.4) is 0 Å². The summed E-state index contributed by atoms with van der Waals surface area (Å²) in [7, 11) is 0. The molecule has 0 amide bonds. The van der Waals surface area contributed by atoms with Gasteiger partial charge in [0.05, 0.1) is 6.57 Å². The van der Waals surface area contributed by atoms with Crippen LogP contribution in [0.1, 0.15) is 0 Å². The molecular weight excluding hydrogens is 719 g/mol. The number of rotatable bonds is 7. The van der Waals surface area contributed by atoms with Crippen LogP contribution in [0, 0.1) is 6.57 Å².